The molecule has 2 nitrogen and oxygen atoms in total. The molecule has 0 fully saturated rings. The molecule has 0 aliphatic rings. The molecular weight excluding hydrogens is 172 g/mol. The third-order valence-electron chi connectivity index (χ3n) is 2.65. The molecule has 0 radical (unpaired) electrons. The zero-order valence-corrected chi connectivity index (χ0v) is 10.3. The molecule has 1 atom stereocenters. The fraction of sp³-hybridized carbons (Fsp3) is 1.00. The van der Waals surface area contributed by atoms with Crippen LogP contribution in [0.1, 0.15) is 59.3 Å². The van der Waals surface area contributed by atoms with Crippen molar-refractivity contribution in [3.8, 4) is 0 Å². The van der Waals surface area contributed by atoms with Crippen LogP contribution >= 0.6 is 0 Å². The highest BCUT2D eigenvalue weighted by Gasteiger charge is 2.11. The van der Waals surface area contributed by atoms with Crippen molar-refractivity contribution in [2.75, 3.05) is 13.1 Å². The molecule has 0 aromatic rings. The van der Waals surface area contributed by atoms with Gasteiger partial charge >= 0.3 is 0 Å². The van der Waals surface area contributed by atoms with E-state index in [9.17, 15) is 0 Å². The normalized spacial score (nSPS) is 13.5. The quantitative estimate of drug-likeness (QED) is 0.580. The second-order valence-corrected chi connectivity index (χ2v) is 4.10. The molecule has 86 valence electrons. The first kappa shape index (κ1) is 13.9. The van der Waals surface area contributed by atoms with Gasteiger partial charge in [-0.3, -0.25) is 4.90 Å². The summed E-state index contributed by atoms with van der Waals surface area (Å²) in [6.45, 7) is 9.04. The maximum Gasteiger partial charge on any atom is 0.0571 e. The van der Waals surface area contributed by atoms with Crippen molar-refractivity contribution in [2.24, 2.45) is 5.73 Å². The summed E-state index contributed by atoms with van der Waals surface area (Å²) in [5.41, 5.74) is 6.14. The lowest BCUT2D eigenvalue weighted by atomic mass is 10.2. The number of hydrogen-bond donors (Lipinski definition) is 1. The molecule has 0 aliphatic carbocycles. The minimum Gasteiger partial charge on any atom is -0.316 e. The van der Waals surface area contributed by atoms with Crippen LogP contribution in [0.25, 0.3) is 0 Å². The molecule has 0 aliphatic heterocycles. The molecule has 0 saturated carbocycles. The molecule has 0 spiro atoms. The van der Waals surface area contributed by atoms with Gasteiger partial charge in [-0.15, -0.1) is 0 Å². The topological polar surface area (TPSA) is 29.3 Å². The minimum atomic E-state index is 0.290. The fourth-order valence-electron chi connectivity index (χ4n) is 1.64. The smallest absolute Gasteiger partial charge is 0.0571 e. The van der Waals surface area contributed by atoms with E-state index in [0.717, 1.165) is 6.42 Å². The molecule has 2 heteroatoms. The molecular formula is C12H28N2. The van der Waals surface area contributed by atoms with E-state index in [1.54, 1.807) is 0 Å². The second-order valence-electron chi connectivity index (χ2n) is 4.10. The van der Waals surface area contributed by atoms with Gasteiger partial charge in [0.2, 0.25) is 0 Å². The van der Waals surface area contributed by atoms with E-state index < -0.39 is 0 Å². The third-order valence-corrected chi connectivity index (χ3v) is 2.65. The van der Waals surface area contributed by atoms with Crippen LogP contribution in [0.3, 0.4) is 0 Å². The summed E-state index contributed by atoms with van der Waals surface area (Å²) in [6, 6.07) is 0. The summed E-state index contributed by atoms with van der Waals surface area (Å²) < 4.78 is 0. The van der Waals surface area contributed by atoms with Gasteiger partial charge in [-0.05, 0) is 32.4 Å². The molecule has 0 heterocycles. The van der Waals surface area contributed by atoms with Crippen molar-refractivity contribution >= 4 is 0 Å². The van der Waals surface area contributed by atoms with Crippen molar-refractivity contribution in [2.45, 2.75) is 65.5 Å². The zero-order chi connectivity index (χ0) is 10.8. The lowest BCUT2D eigenvalue weighted by Crippen LogP contribution is -2.43. The Morgan fingerprint density at radius 2 is 1.43 bits per heavy atom. The molecule has 14 heavy (non-hydrogen) atoms. The lowest BCUT2D eigenvalue weighted by Gasteiger charge is -2.28. The van der Waals surface area contributed by atoms with Crippen LogP contribution in [-0.2, 0) is 0 Å². The molecule has 2 N–H and O–H groups in total. The highest BCUT2D eigenvalue weighted by atomic mass is 15.2. The Bertz CT molecular complexity index is 107. The van der Waals surface area contributed by atoms with E-state index in [-0.39, 0.29) is 6.17 Å². The largest absolute Gasteiger partial charge is 0.316 e. The summed E-state index contributed by atoms with van der Waals surface area (Å²) in [5, 5.41) is 0. The highest BCUT2D eigenvalue weighted by molar-refractivity contribution is 4.65. The van der Waals surface area contributed by atoms with Gasteiger partial charge in [-0.25, -0.2) is 0 Å². The monoisotopic (exact) mass is 200 g/mol. The first-order valence-corrected chi connectivity index (χ1v) is 6.25. The average molecular weight is 200 g/mol. The molecule has 0 amide bonds. The van der Waals surface area contributed by atoms with Crippen LogP contribution in [0.2, 0.25) is 0 Å². The highest BCUT2D eigenvalue weighted by Crippen LogP contribution is 2.05. The predicted octanol–water partition coefficient (Wildman–Crippen LogP) is 2.97. The Morgan fingerprint density at radius 3 is 1.79 bits per heavy atom. The van der Waals surface area contributed by atoms with E-state index in [1.807, 2.05) is 0 Å². The zero-order valence-electron chi connectivity index (χ0n) is 10.3. The molecule has 0 bridgehead atoms. The maximum absolute atomic E-state index is 6.14. The third kappa shape index (κ3) is 6.39. The Labute approximate surface area is 89.9 Å². The Morgan fingerprint density at radius 1 is 0.929 bits per heavy atom. The molecule has 0 aromatic carbocycles. The van der Waals surface area contributed by atoms with Crippen LogP contribution in [0.5, 0.6) is 0 Å². The van der Waals surface area contributed by atoms with Crippen molar-refractivity contribution in [3.05, 3.63) is 0 Å². The average Bonchev–Trinajstić information content (AvgIpc) is 2.18. The Hall–Kier alpha value is -0.0800. The SMILES string of the molecule is CCCCN(CCCC)C(N)CCC. The summed E-state index contributed by atoms with van der Waals surface area (Å²) in [5.74, 6) is 0. The van der Waals surface area contributed by atoms with E-state index in [4.69, 9.17) is 5.73 Å². The van der Waals surface area contributed by atoms with Crippen LogP contribution in [0.15, 0.2) is 0 Å². The van der Waals surface area contributed by atoms with Gasteiger partial charge in [-0.1, -0.05) is 40.0 Å². The van der Waals surface area contributed by atoms with Crippen LogP contribution < -0.4 is 5.73 Å². The van der Waals surface area contributed by atoms with E-state index in [2.05, 4.69) is 25.7 Å². The first-order valence-electron chi connectivity index (χ1n) is 6.25. The summed E-state index contributed by atoms with van der Waals surface area (Å²) in [6.07, 6.45) is 7.70. The second kappa shape index (κ2) is 9.47. The number of hydrogen-bond acceptors (Lipinski definition) is 2. The van der Waals surface area contributed by atoms with Crippen molar-refractivity contribution < 1.29 is 0 Å². The van der Waals surface area contributed by atoms with Crippen LogP contribution in [0.4, 0.5) is 0 Å². The molecule has 0 saturated heterocycles. The number of rotatable bonds is 9. The van der Waals surface area contributed by atoms with E-state index in [1.165, 1.54) is 45.2 Å². The van der Waals surface area contributed by atoms with Gasteiger partial charge in [0.25, 0.3) is 0 Å². The number of nitrogens with zero attached hydrogens (tertiary/aromatic N) is 1. The summed E-state index contributed by atoms with van der Waals surface area (Å²) in [4.78, 5) is 2.45. The van der Waals surface area contributed by atoms with Gasteiger partial charge in [0.15, 0.2) is 0 Å². The van der Waals surface area contributed by atoms with Gasteiger partial charge in [0.1, 0.15) is 0 Å². The van der Waals surface area contributed by atoms with Crippen molar-refractivity contribution in [1.29, 1.82) is 0 Å². The van der Waals surface area contributed by atoms with Crippen molar-refractivity contribution in [1.82, 2.24) is 4.90 Å². The lowest BCUT2D eigenvalue weighted by molar-refractivity contribution is 0.184. The Kier molecular flexibility index (Phi) is 9.42. The van der Waals surface area contributed by atoms with Crippen LogP contribution in [-0.4, -0.2) is 24.2 Å². The maximum atomic E-state index is 6.14. The van der Waals surface area contributed by atoms with Gasteiger partial charge < -0.3 is 5.73 Å². The number of nitrogens with two attached hydrogens (primary N) is 1. The van der Waals surface area contributed by atoms with Crippen LogP contribution in [0, 0.1) is 0 Å². The minimum absolute atomic E-state index is 0.290. The van der Waals surface area contributed by atoms with E-state index in [0.29, 0.717) is 0 Å². The predicted molar refractivity (Wildman–Crippen MR) is 64.3 cm³/mol. The van der Waals surface area contributed by atoms with Crippen molar-refractivity contribution in [3.63, 3.8) is 0 Å². The van der Waals surface area contributed by atoms with E-state index >= 15 is 0 Å². The van der Waals surface area contributed by atoms with Gasteiger partial charge in [-0.2, -0.15) is 0 Å². The fourth-order valence-corrected chi connectivity index (χ4v) is 1.64. The molecule has 1 unspecified atom stereocenters. The van der Waals surface area contributed by atoms with Gasteiger partial charge in [0, 0.05) is 0 Å². The number of unbranched alkanes of at least 4 members (excludes halogenated alkanes) is 2. The molecule has 0 rings (SSSR count). The standard InChI is InChI=1S/C12H28N2/c1-4-7-10-14(11-8-5-2)12(13)9-6-3/h12H,4-11,13H2,1-3H3. The Balaban J connectivity index is 3.81. The summed E-state index contributed by atoms with van der Waals surface area (Å²) >= 11 is 0. The van der Waals surface area contributed by atoms with Gasteiger partial charge in [0.05, 0.1) is 6.17 Å². The summed E-state index contributed by atoms with van der Waals surface area (Å²) in [7, 11) is 0. The molecule has 0 aromatic heterocycles. The first-order chi connectivity index (χ1) is 6.76.